The third-order valence-electron chi connectivity index (χ3n) is 2.48. The summed E-state index contributed by atoms with van der Waals surface area (Å²) in [7, 11) is 1.34. The highest BCUT2D eigenvalue weighted by atomic mass is 127. The molecule has 1 rings (SSSR count). The van der Waals surface area contributed by atoms with Crippen LogP contribution in [0.5, 0.6) is 5.75 Å². The third-order valence-corrected chi connectivity index (χ3v) is 3.25. The predicted molar refractivity (Wildman–Crippen MR) is 80.1 cm³/mol. The Hall–Kier alpha value is -1.38. The molecule has 19 heavy (non-hydrogen) atoms. The molecular formula is C12H15IN2O4. The van der Waals surface area contributed by atoms with E-state index in [0.29, 0.717) is 12.1 Å². The lowest BCUT2D eigenvalue weighted by molar-refractivity contribution is -0.385. The van der Waals surface area contributed by atoms with Gasteiger partial charge in [-0.3, -0.25) is 14.9 Å². The van der Waals surface area contributed by atoms with E-state index in [1.165, 1.54) is 25.3 Å². The second-order valence-corrected chi connectivity index (χ2v) is 4.87. The first-order chi connectivity index (χ1) is 9.10. The molecule has 0 aromatic heterocycles. The fraction of sp³-hybridized carbons (Fsp3) is 0.417. The Morgan fingerprint density at radius 2 is 2.21 bits per heavy atom. The van der Waals surface area contributed by atoms with Crippen LogP contribution in [-0.4, -0.2) is 28.9 Å². The number of nitro benzene ring substituents is 1. The zero-order chi connectivity index (χ0) is 14.3. The minimum atomic E-state index is -0.541. The SMILES string of the molecule is COc1cc(C(=O)NCCCCI)ccc1[N+](=O)[O-]. The zero-order valence-corrected chi connectivity index (χ0v) is 12.7. The lowest BCUT2D eigenvalue weighted by Crippen LogP contribution is -2.24. The molecule has 0 radical (unpaired) electrons. The number of nitro groups is 1. The van der Waals surface area contributed by atoms with Crippen molar-refractivity contribution in [3.63, 3.8) is 0 Å². The van der Waals surface area contributed by atoms with Crippen molar-refractivity contribution in [1.29, 1.82) is 0 Å². The van der Waals surface area contributed by atoms with Crippen molar-refractivity contribution < 1.29 is 14.5 Å². The molecule has 0 saturated heterocycles. The molecule has 0 saturated carbocycles. The van der Waals surface area contributed by atoms with Crippen molar-refractivity contribution >= 4 is 34.2 Å². The second-order valence-electron chi connectivity index (χ2n) is 3.80. The molecular weight excluding hydrogens is 363 g/mol. The minimum Gasteiger partial charge on any atom is -0.490 e. The summed E-state index contributed by atoms with van der Waals surface area (Å²) in [5.74, 6) is -0.161. The molecule has 1 aromatic carbocycles. The van der Waals surface area contributed by atoms with Crippen LogP contribution in [-0.2, 0) is 0 Å². The van der Waals surface area contributed by atoms with Gasteiger partial charge in [-0.2, -0.15) is 0 Å². The summed E-state index contributed by atoms with van der Waals surface area (Å²) in [6.07, 6.45) is 1.96. The molecule has 0 heterocycles. The quantitative estimate of drug-likeness (QED) is 0.260. The molecule has 1 amide bonds. The first-order valence-corrected chi connectivity index (χ1v) is 7.29. The summed E-state index contributed by atoms with van der Waals surface area (Å²) in [6.45, 7) is 0.598. The second kappa shape index (κ2) is 7.93. The van der Waals surface area contributed by atoms with Crippen LogP contribution in [0.25, 0.3) is 0 Å². The van der Waals surface area contributed by atoms with Gasteiger partial charge in [0.1, 0.15) is 0 Å². The summed E-state index contributed by atoms with van der Waals surface area (Å²) in [6, 6.07) is 4.08. The van der Waals surface area contributed by atoms with Crippen molar-refractivity contribution in [2.45, 2.75) is 12.8 Å². The van der Waals surface area contributed by atoms with Crippen molar-refractivity contribution in [3.05, 3.63) is 33.9 Å². The number of hydrogen-bond acceptors (Lipinski definition) is 4. The van der Waals surface area contributed by atoms with Crippen LogP contribution in [0, 0.1) is 10.1 Å². The number of unbranched alkanes of at least 4 members (excludes halogenated alkanes) is 1. The highest BCUT2D eigenvalue weighted by Crippen LogP contribution is 2.27. The number of alkyl halides is 1. The Kier molecular flexibility index (Phi) is 6.54. The molecule has 0 bridgehead atoms. The van der Waals surface area contributed by atoms with Crippen LogP contribution in [0.3, 0.4) is 0 Å². The van der Waals surface area contributed by atoms with Crippen molar-refractivity contribution in [3.8, 4) is 5.75 Å². The number of carbonyl (C=O) groups is 1. The number of carbonyl (C=O) groups excluding carboxylic acids is 1. The van der Waals surface area contributed by atoms with E-state index in [2.05, 4.69) is 27.9 Å². The lowest BCUT2D eigenvalue weighted by Gasteiger charge is -2.06. The van der Waals surface area contributed by atoms with Crippen LogP contribution in [0.4, 0.5) is 5.69 Å². The molecule has 0 aliphatic heterocycles. The van der Waals surface area contributed by atoms with E-state index in [9.17, 15) is 14.9 Å². The fourth-order valence-electron chi connectivity index (χ4n) is 1.49. The Balaban J connectivity index is 2.73. The number of hydrogen-bond donors (Lipinski definition) is 1. The molecule has 1 aromatic rings. The minimum absolute atomic E-state index is 0.0879. The normalized spacial score (nSPS) is 10.0. The standard InChI is InChI=1S/C12H15IN2O4/c1-19-11-8-9(4-5-10(11)15(17)18)12(16)14-7-3-2-6-13/h4-5,8H,2-3,6-7H2,1H3,(H,14,16). The van der Waals surface area contributed by atoms with E-state index < -0.39 is 4.92 Å². The third kappa shape index (κ3) is 4.66. The number of nitrogens with zero attached hydrogens (tertiary/aromatic N) is 1. The molecule has 0 unspecified atom stereocenters. The number of benzene rings is 1. The van der Waals surface area contributed by atoms with Crippen molar-refractivity contribution in [2.75, 3.05) is 18.1 Å². The Morgan fingerprint density at radius 1 is 1.47 bits per heavy atom. The van der Waals surface area contributed by atoms with E-state index >= 15 is 0 Å². The molecule has 6 nitrogen and oxygen atoms in total. The maximum Gasteiger partial charge on any atom is 0.310 e. The smallest absolute Gasteiger partial charge is 0.310 e. The average molecular weight is 378 g/mol. The Bertz CT molecular complexity index is 465. The molecule has 0 spiro atoms. The van der Waals surface area contributed by atoms with Gasteiger partial charge in [-0.15, -0.1) is 0 Å². The van der Waals surface area contributed by atoms with Crippen LogP contribution in [0.2, 0.25) is 0 Å². The van der Waals surface area contributed by atoms with Gasteiger partial charge in [-0.1, -0.05) is 22.6 Å². The number of amides is 1. The number of halogens is 1. The van der Waals surface area contributed by atoms with E-state index in [1.807, 2.05) is 0 Å². The highest BCUT2D eigenvalue weighted by Gasteiger charge is 2.17. The first-order valence-electron chi connectivity index (χ1n) is 5.76. The van der Waals surface area contributed by atoms with Gasteiger partial charge in [0.2, 0.25) is 0 Å². The first kappa shape index (κ1) is 15.7. The maximum absolute atomic E-state index is 11.8. The van der Waals surface area contributed by atoms with Gasteiger partial charge in [0.05, 0.1) is 12.0 Å². The monoisotopic (exact) mass is 378 g/mol. The van der Waals surface area contributed by atoms with E-state index in [4.69, 9.17) is 4.74 Å². The molecule has 7 heteroatoms. The van der Waals surface area contributed by atoms with Crippen molar-refractivity contribution in [2.24, 2.45) is 0 Å². The van der Waals surface area contributed by atoms with E-state index in [0.717, 1.165) is 17.3 Å². The zero-order valence-electron chi connectivity index (χ0n) is 10.5. The Morgan fingerprint density at radius 3 is 2.79 bits per heavy atom. The van der Waals surface area contributed by atoms with Gasteiger partial charge < -0.3 is 10.1 Å². The van der Waals surface area contributed by atoms with Gasteiger partial charge in [-0.05, 0) is 23.3 Å². The average Bonchev–Trinajstić information content (AvgIpc) is 2.42. The molecule has 104 valence electrons. The molecule has 0 atom stereocenters. The molecule has 1 N–H and O–H groups in total. The fourth-order valence-corrected chi connectivity index (χ4v) is 2.03. The number of rotatable bonds is 7. The summed E-state index contributed by atoms with van der Waals surface area (Å²) >= 11 is 2.28. The molecule has 0 aliphatic rings. The topological polar surface area (TPSA) is 81.5 Å². The summed E-state index contributed by atoms with van der Waals surface area (Å²) < 4.78 is 5.97. The lowest BCUT2D eigenvalue weighted by atomic mass is 10.1. The maximum atomic E-state index is 11.8. The van der Waals surface area contributed by atoms with E-state index in [1.54, 1.807) is 0 Å². The van der Waals surface area contributed by atoms with Gasteiger partial charge in [0.15, 0.2) is 5.75 Å². The van der Waals surface area contributed by atoms with Crippen LogP contribution < -0.4 is 10.1 Å². The highest BCUT2D eigenvalue weighted by molar-refractivity contribution is 14.1. The molecule has 0 aliphatic carbocycles. The van der Waals surface area contributed by atoms with Crippen molar-refractivity contribution in [1.82, 2.24) is 5.32 Å². The van der Waals surface area contributed by atoms with E-state index in [-0.39, 0.29) is 17.3 Å². The van der Waals surface area contributed by atoms with Crippen LogP contribution >= 0.6 is 22.6 Å². The van der Waals surface area contributed by atoms with Gasteiger partial charge >= 0.3 is 5.69 Å². The summed E-state index contributed by atoms with van der Waals surface area (Å²) in [5, 5.41) is 13.5. The molecule has 0 fully saturated rings. The number of nitrogens with one attached hydrogen (secondary N) is 1. The van der Waals surface area contributed by atoms with Crippen LogP contribution in [0.1, 0.15) is 23.2 Å². The van der Waals surface area contributed by atoms with Gasteiger partial charge in [-0.25, -0.2) is 0 Å². The number of methoxy groups -OCH3 is 1. The largest absolute Gasteiger partial charge is 0.490 e. The van der Waals surface area contributed by atoms with Gasteiger partial charge in [0.25, 0.3) is 5.91 Å². The van der Waals surface area contributed by atoms with Gasteiger partial charge in [0, 0.05) is 24.2 Å². The summed E-state index contributed by atoms with van der Waals surface area (Å²) in [4.78, 5) is 22.0. The predicted octanol–water partition coefficient (Wildman–Crippen LogP) is 2.55. The van der Waals surface area contributed by atoms with Crippen LogP contribution in [0.15, 0.2) is 18.2 Å². The Labute approximate surface area is 124 Å². The number of ether oxygens (including phenoxy) is 1. The summed E-state index contributed by atoms with van der Waals surface area (Å²) in [5.41, 5.74) is 0.209.